The van der Waals surface area contributed by atoms with Crippen LogP contribution in [0.15, 0.2) is 42.5 Å². The molecule has 0 aliphatic heterocycles. The van der Waals surface area contributed by atoms with Crippen molar-refractivity contribution in [3.05, 3.63) is 53.8 Å². The molecule has 1 atom stereocenters. The lowest BCUT2D eigenvalue weighted by atomic mass is 10.1. The van der Waals surface area contributed by atoms with E-state index in [-0.39, 0.29) is 11.7 Å². The molecule has 0 bridgehead atoms. The third-order valence-electron chi connectivity index (χ3n) is 4.22. The normalized spacial score (nSPS) is 11.6. The van der Waals surface area contributed by atoms with Crippen LogP contribution in [-0.2, 0) is 11.2 Å². The Balaban J connectivity index is 1.80. The van der Waals surface area contributed by atoms with E-state index in [9.17, 15) is 9.18 Å². The summed E-state index contributed by atoms with van der Waals surface area (Å²) in [5.74, 6) is 1.41. The van der Waals surface area contributed by atoms with Crippen molar-refractivity contribution in [3.63, 3.8) is 0 Å². The number of ether oxygens (including phenoxy) is 3. The van der Waals surface area contributed by atoms with E-state index in [1.807, 2.05) is 32.0 Å². The second-order valence-corrected chi connectivity index (χ2v) is 6.28. The maximum Gasteiger partial charge on any atom is 0.261 e. The molecule has 0 aliphatic carbocycles. The Morgan fingerprint density at radius 2 is 1.86 bits per heavy atom. The van der Waals surface area contributed by atoms with Gasteiger partial charge in [0, 0.05) is 6.54 Å². The third kappa shape index (κ3) is 6.44. The highest BCUT2D eigenvalue weighted by Gasteiger charge is 2.17. The molecule has 1 amide bonds. The second-order valence-electron chi connectivity index (χ2n) is 6.28. The summed E-state index contributed by atoms with van der Waals surface area (Å²) >= 11 is 0. The molecule has 2 aromatic rings. The van der Waals surface area contributed by atoms with Gasteiger partial charge in [0.05, 0.1) is 13.7 Å². The van der Waals surface area contributed by atoms with Crippen molar-refractivity contribution in [1.29, 1.82) is 0 Å². The van der Waals surface area contributed by atoms with Crippen LogP contribution in [0.5, 0.6) is 17.2 Å². The van der Waals surface area contributed by atoms with Crippen LogP contribution in [0.2, 0.25) is 0 Å². The molecule has 152 valence electrons. The third-order valence-corrected chi connectivity index (χ3v) is 4.22. The number of amides is 1. The lowest BCUT2D eigenvalue weighted by Gasteiger charge is -2.17. The molecule has 0 spiro atoms. The molecule has 0 saturated heterocycles. The summed E-state index contributed by atoms with van der Waals surface area (Å²) in [5.41, 5.74) is 1.11. The predicted molar refractivity (Wildman–Crippen MR) is 107 cm³/mol. The molecule has 0 heterocycles. The topological polar surface area (TPSA) is 56.8 Å². The zero-order valence-corrected chi connectivity index (χ0v) is 16.7. The minimum atomic E-state index is -0.601. The fourth-order valence-corrected chi connectivity index (χ4v) is 2.76. The SMILES string of the molecule is CCOc1ccc(CCCNC(=O)[C@H](CC)Oc2ccc(F)cc2)cc1OC. The summed E-state index contributed by atoms with van der Waals surface area (Å²) in [5, 5.41) is 2.90. The second kappa shape index (κ2) is 11.2. The number of methoxy groups -OCH3 is 1. The molecule has 0 saturated carbocycles. The van der Waals surface area contributed by atoms with E-state index in [2.05, 4.69) is 5.32 Å². The van der Waals surface area contributed by atoms with E-state index in [1.54, 1.807) is 7.11 Å². The Labute approximate surface area is 165 Å². The number of aryl methyl sites for hydroxylation is 1. The fraction of sp³-hybridized carbons (Fsp3) is 0.409. The molecule has 0 aliphatic rings. The van der Waals surface area contributed by atoms with Crippen LogP contribution in [0, 0.1) is 5.82 Å². The minimum absolute atomic E-state index is 0.170. The van der Waals surface area contributed by atoms with Crippen LogP contribution in [0.25, 0.3) is 0 Å². The number of carbonyl (C=O) groups is 1. The van der Waals surface area contributed by atoms with Gasteiger partial charge in [-0.2, -0.15) is 0 Å². The highest BCUT2D eigenvalue weighted by molar-refractivity contribution is 5.81. The van der Waals surface area contributed by atoms with Gasteiger partial charge in [-0.1, -0.05) is 13.0 Å². The highest BCUT2D eigenvalue weighted by Crippen LogP contribution is 2.28. The van der Waals surface area contributed by atoms with E-state index in [1.165, 1.54) is 24.3 Å². The lowest BCUT2D eigenvalue weighted by Crippen LogP contribution is -2.38. The maximum absolute atomic E-state index is 13.0. The number of hydrogen-bond donors (Lipinski definition) is 1. The molecule has 28 heavy (non-hydrogen) atoms. The van der Waals surface area contributed by atoms with Gasteiger partial charge in [0.25, 0.3) is 5.91 Å². The van der Waals surface area contributed by atoms with E-state index in [0.717, 1.165) is 24.2 Å². The van der Waals surface area contributed by atoms with Crippen molar-refractivity contribution >= 4 is 5.91 Å². The Kier molecular flexibility index (Phi) is 8.59. The summed E-state index contributed by atoms with van der Waals surface area (Å²) in [4.78, 5) is 12.3. The molecule has 0 radical (unpaired) electrons. The molecular weight excluding hydrogens is 361 g/mol. The van der Waals surface area contributed by atoms with Crippen LogP contribution in [0.3, 0.4) is 0 Å². The van der Waals surface area contributed by atoms with Gasteiger partial charge >= 0.3 is 0 Å². The number of halogens is 1. The van der Waals surface area contributed by atoms with Crippen molar-refractivity contribution in [2.24, 2.45) is 0 Å². The number of carbonyl (C=O) groups excluding carboxylic acids is 1. The van der Waals surface area contributed by atoms with Crippen molar-refractivity contribution < 1.29 is 23.4 Å². The van der Waals surface area contributed by atoms with Crippen LogP contribution < -0.4 is 19.5 Å². The number of benzene rings is 2. The van der Waals surface area contributed by atoms with E-state index in [4.69, 9.17) is 14.2 Å². The first-order chi connectivity index (χ1) is 13.6. The first kappa shape index (κ1) is 21.5. The van der Waals surface area contributed by atoms with Crippen LogP contribution in [0.4, 0.5) is 4.39 Å². The van der Waals surface area contributed by atoms with Crippen LogP contribution in [-0.4, -0.2) is 32.3 Å². The molecule has 5 nitrogen and oxygen atoms in total. The predicted octanol–water partition coefficient (Wildman–Crippen LogP) is 4.14. The molecule has 0 unspecified atom stereocenters. The van der Waals surface area contributed by atoms with E-state index >= 15 is 0 Å². The van der Waals surface area contributed by atoms with Crippen molar-refractivity contribution in [2.45, 2.75) is 39.2 Å². The van der Waals surface area contributed by atoms with E-state index in [0.29, 0.717) is 31.1 Å². The minimum Gasteiger partial charge on any atom is -0.493 e. The van der Waals surface area contributed by atoms with Gasteiger partial charge < -0.3 is 19.5 Å². The van der Waals surface area contributed by atoms with Crippen LogP contribution in [0.1, 0.15) is 32.3 Å². The zero-order valence-electron chi connectivity index (χ0n) is 16.7. The van der Waals surface area contributed by atoms with Gasteiger partial charge in [-0.25, -0.2) is 4.39 Å². The smallest absolute Gasteiger partial charge is 0.261 e. The Hall–Kier alpha value is -2.76. The molecule has 2 aromatic carbocycles. The summed E-state index contributed by atoms with van der Waals surface area (Å²) in [7, 11) is 1.62. The zero-order chi connectivity index (χ0) is 20.4. The first-order valence-corrected chi connectivity index (χ1v) is 9.57. The van der Waals surface area contributed by atoms with Gasteiger partial charge in [-0.05, 0) is 68.1 Å². The summed E-state index contributed by atoms with van der Waals surface area (Å²) in [6.07, 6.45) is 1.52. The quantitative estimate of drug-likeness (QED) is 0.587. The summed E-state index contributed by atoms with van der Waals surface area (Å²) < 4.78 is 29.5. The number of nitrogens with one attached hydrogen (secondary N) is 1. The van der Waals surface area contributed by atoms with E-state index < -0.39 is 6.10 Å². The van der Waals surface area contributed by atoms with Gasteiger partial charge in [0.15, 0.2) is 17.6 Å². The van der Waals surface area contributed by atoms with Crippen LogP contribution >= 0.6 is 0 Å². The molecular formula is C22H28FNO4. The monoisotopic (exact) mass is 389 g/mol. The van der Waals surface area contributed by atoms with Gasteiger partial charge in [0.1, 0.15) is 11.6 Å². The highest BCUT2D eigenvalue weighted by atomic mass is 19.1. The maximum atomic E-state index is 13.0. The van der Waals surface area contributed by atoms with Gasteiger partial charge in [-0.3, -0.25) is 4.79 Å². The van der Waals surface area contributed by atoms with Gasteiger partial charge in [0.2, 0.25) is 0 Å². The average Bonchev–Trinajstić information content (AvgIpc) is 2.71. The Morgan fingerprint density at radius 3 is 2.50 bits per heavy atom. The van der Waals surface area contributed by atoms with Crippen molar-refractivity contribution in [1.82, 2.24) is 5.32 Å². The number of hydrogen-bond acceptors (Lipinski definition) is 4. The standard InChI is InChI=1S/C22H28FNO4/c1-4-19(28-18-11-9-17(23)10-12-18)22(25)24-14-6-7-16-8-13-20(27-5-2)21(15-16)26-3/h8-13,15,19H,4-7,14H2,1-3H3,(H,24,25)/t19-/m0/s1. The van der Waals surface area contributed by atoms with Crippen molar-refractivity contribution in [3.8, 4) is 17.2 Å². The average molecular weight is 389 g/mol. The molecule has 0 fully saturated rings. The Morgan fingerprint density at radius 1 is 1.11 bits per heavy atom. The first-order valence-electron chi connectivity index (χ1n) is 9.57. The molecule has 6 heteroatoms. The molecule has 0 aromatic heterocycles. The largest absolute Gasteiger partial charge is 0.493 e. The summed E-state index contributed by atoms with van der Waals surface area (Å²) in [6.45, 7) is 4.93. The van der Waals surface area contributed by atoms with Crippen molar-refractivity contribution in [2.75, 3.05) is 20.3 Å². The number of rotatable bonds is 11. The molecule has 1 N–H and O–H groups in total. The fourth-order valence-electron chi connectivity index (χ4n) is 2.76. The lowest BCUT2D eigenvalue weighted by molar-refractivity contribution is -0.128. The van der Waals surface area contributed by atoms with Gasteiger partial charge in [-0.15, -0.1) is 0 Å². The Bertz CT molecular complexity index is 749. The molecule has 2 rings (SSSR count). The summed E-state index contributed by atoms with van der Waals surface area (Å²) in [6, 6.07) is 11.5.